The van der Waals surface area contributed by atoms with Crippen molar-refractivity contribution < 1.29 is 9.47 Å². The molecule has 2 N–H and O–H groups in total. The lowest BCUT2D eigenvalue weighted by Crippen LogP contribution is -2.34. The largest absolute Gasteiger partial charge is 0.448 e. The van der Waals surface area contributed by atoms with Crippen LogP contribution < -0.4 is 15.2 Å². The molecule has 114 valence electrons. The molecule has 0 saturated heterocycles. The fourth-order valence-corrected chi connectivity index (χ4v) is 5.02. The zero-order chi connectivity index (χ0) is 14.5. The van der Waals surface area contributed by atoms with E-state index in [1.807, 2.05) is 0 Å². The summed E-state index contributed by atoms with van der Waals surface area (Å²) in [6, 6.07) is 4.28. The average Bonchev–Trinajstić information content (AvgIpc) is 3.19. The van der Waals surface area contributed by atoms with Crippen LogP contribution >= 0.6 is 15.9 Å². The molecule has 0 unspecified atom stereocenters. The van der Waals surface area contributed by atoms with Crippen molar-refractivity contribution in [3.8, 4) is 11.5 Å². The van der Waals surface area contributed by atoms with Gasteiger partial charge in [0.05, 0.1) is 0 Å². The number of hydrogen-bond acceptors (Lipinski definition) is 3. The highest BCUT2D eigenvalue weighted by Gasteiger charge is 2.45. The molecule has 1 spiro atoms. The smallest absolute Gasteiger partial charge is 0.251 e. The molecule has 3 aliphatic rings. The minimum absolute atomic E-state index is 0.114. The Morgan fingerprint density at radius 3 is 2.14 bits per heavy atom. The highest BCUT2D eigenvalue weighted by Crippen LogP contribution is 2.51. The molecule has 1 heterocycles. The third-order valence-corrected chi connectivity index (χ3v) is 6.17. The fraction of sp³-hybridized carbons (Fsp3) is 0.647. The molecule has 0 atom stereocenters. The van der Waals surface area contributed by atoms with Crippen LogP contribution in [0.1, 0.15) is 56.9 Å². The summed E-state index contributed by atoms with van der Waals surface area (Å²) >= 11 is 3.74. The van der Waals surface area contributed by atoms with Gasteiger partial charge in [-0.3, -0.25) is 0 Å². The third-order valence-electron chi connectivity index (χ3n) is 5.51. The normalized spacial score (nSPS) is 24.9. The van der Waals surface area contributed by atoms with Crippen molar-refractivity contribution in [3.05, 3.63) is 22.2 Å². The van der Waals surface area contributed by atoms with E-state index in [1.54, 1.807) is 0 Å². The van der Waals surface area contributed by atoms with E-state index in [0.717, 1.165) is 28.8 Å². The van der Waals surface area contributed by atoms with Gasteiger partial charge < -0.3 is 15.2 Å². The fourth-order valence-electron chi connectivity index (χ4n) is 4.28. The Balaban J connectivity index is 1.73. The van der Waals surface area contributed by atoms with Crippen LogP contribution in [0, 0.1) is 0 Å². The van der Waals surface area contributed by atoms with Gasteiger partial charge in [0.25, 0.3) is 5.79 Å². The number of hydrogen-bond donors (Lipinski definition) is 1. The minimum Gasteiger partial charge on any atom is -0.448 e. The highest BCUT2D eigenvalue weighted by atomic mass is 79.9. The molecule has 0 bridgehead atoms. The second-order valence-corrected chi connectivity index (χ2v) is 7.65. The Morgan fingerprint density at radius 1 is 0.952 bits per heavy atom. The second kappa shape index (κ2) is 4.88. The van der Waals surface area contributed by atoms with Gasteiger partial charge >= 0.3 is 0 Å². The first kappa shape index (κ1) is 13.9. The lowest BCUT2D eigenvalue weighted by atomic mass is 9.79. The molecule has 21 heavy (non-hydrogen) atoms. The summed E-state index contributed by atoms with van der Waals surface area (Å²) in [7, 11) is 0. The van der Waals surface area contributed by atoms with Gasteiger partial charge in [0.15, 0.2) is 11.5 Å². The van der Waals surface area contributed by atoms with Gasteiger partial charge in [-0.05, 0) is 43.4 Å². The lowest BCUT2D eigenvalue weighted by molar-refractivity contribution is -0.0716. The molecular weight excluding hydrogens is 330 g/mol. The predicted octanol–water partition coefficient (Wildman–Crippen LogP) is 4.26. The topological polar surface area (TPSA) is 44.5 Å². The molecule has 3 nitrogen and oxygen atoms in total. The molecular formula is C17H22BrNO2. The standard InChI is InChI=1S/C17H22BrNO2/c18-13-10-15-14(20-17(21-15)7-3-4-8-17)9-12(13)16(11-19)5-1-2-6-16/h9-10H,1-8,11,19H2. The van der Waals surface area contributed by atoms with Crippen molar-refractivity contribution in [3.63, 3.8) is 0 Å². The van der Waals surface area contributed by atoms with Crippen molar-refractivity contribution >= 4 is 15.9 Å². The first-order valence-corrected chi connectivity index (χ1v) is 8.88. The van der Waals surface area contributed by atoms with Crippen LogP contribution in [0.3, 0.4) is 0 Å². The number of ether oxygens (including phenoxy) is 2. The zero-order valence-corrected chi connectivity index (χ0v) is 13.9. The number of rotatable bonds is 2. The van der Waals surface area contributed by atoms with E-state index in [1.165, 1.54) is 44.1 Å². The van der Waals surface area contributed by atoms with Crippen molar-refractivity contribution in [1.29, 1.82) is 0 Å². The van der Waals surface area contributed by atoms with Crippen LogP contribution in [0.2, 0.25) is 0 Å². The molecule has 4 heteroatoms. The molecule has 2 saturated carbocycles. The van der Waals surface area contributed by atoms with E-state index in [4.69, 9.17) is 15.2 Å². The Bertz CT molecular complexity index is 560. The van der Waals surface area contributed by atoms with Crippen molar-refractivity contribution in [2.24, 2.45) is 5.73 Å². The number of fused-ring (bicyclic) bond motifs is 1. The van der Waals surface area contributed by atoms with E-state index in [9.17, 15) is 0 Å². The van der Waals surface area contributed by atoms with Crippen LogP contribution in [-0.4, -0.2) is 12.3 Å². The maximum atomic E-state index is 6.22. The molecule has 0 radical (unpaired) electrons. The summed E-state index contributed by atoms with van der Waals surface area (Å²) in [5, 5.41) is 0. The van der Waals surface area contributed by atoms with Crippen LogP contribution in [0.25, 0.3) is 0 Å². The molecule has 1 aliphatic heterocycles. The minimum atomic E-state index is -0.383. The van der Waals surface area contributed by atoms with E-state index in [0.29, 0.717) is 6.54 Å². The summed E-state index contributed by atoms with van der Waals surface area (Å²) in [6.45, 7) is 0.705. The van der Waals surface area contributed by atoms with Crippen LogP contribution in [0.4, 0.5) is 0 Å². The first-order valence-electron chi connectivity index (χ1n) is 8.09. The van der Waals surface area contributed by atoms with Crippen molar-refractivity contribution in [2.75, 3.05) is 6.54 Å². The summed E-state index contributed by atoms with van der Waals surface area (Å²) in [5.74, 6) is 1.42. The summed E-state index contributed by atoms with van der Waals surface area (Å²) < 4.78 is 13.5. The van der Waals surface area contributed by atoms with Crippen molar-refractivity contribution in [1.82, 2.24) is 0 Å². The number of halogens is 1. The van der Waals surface area contributed by atoms with E-state index in [-0.39, 0.29) is 11.2 Å². The zero-order valence-electron chi connectivity index (χ0n) is 12.3. The van der Waals surface area contributed by atoms with Gasteiger partial charge in [-0.2, -0.15) is 0 Å². The van der Waals surface area contributed by atoms with Gasteiger partial charge in [-0.1, -0.05) is 28.8 Å². The predicted molar refractivity (Wildman–Crippen MR) is 85.8 cm³/mol. The Labute approximate surface area is 134 Å². The van der Waals surface area contributed by atoms with Crippen LogP contribution in [0.15, 0.2) is 16.6 Å². The van der Waals surface area contributed by atoms with Crippen LogP contribution in [-0.2, 0) is 5.41 Å². The molecule has 0 aromatic heterocycles. The van der Waals surface area contributed by atoms with Gasteiger partial charge in [-0.15, -0.1) is 0 Å². The average molecular weight is 352 g/mol. The summed E-state index contributed by atoms with van der Waals surface area (Å²) in [6.07, 6.45) is 9.25. The van der Waals surface area contributed by atoms with E-state index in [2.05, 4.69) is 28.1 Å². The Hall–Kier alpha value is -0.740. The van der Waals surface area contributed by atoms with Gasteiger partial charge in [-0.25, -0.2) is 0 Å². The second-order valence-electron chi connectivity index (χ2n) is 6.79. The lowest BCUT2D eigenvalue weighted by Gasteiger charge is -2.29. The SMILES string of the molecule is NCC1(c2cc3c(cc2Br)OC2(CCCC2)O3)CCCC1. The first-order chi connectivity index (χ1) is 10.2. The molecule has 0 amide bonds. The quantitative estimate of drug-likeness (QED) is 0.865. The monoisotopic (exact) mass is 351 g/mol. The summed E-state index contributed by atoms with van der Waals surface area (Å²) in [5.41, 5.74) is 7.56. The Kier molecular flexibility index (Phi) is 3.23. The van der Waals surface area contributed by atoms with Crippen molar-refractivity contribution in [2.45, 2.75) is 62.6 Å². The number of benzene rings is 1. The molecule has 2 fully saturated rings. The van der Waals surface area contributed by atoms with Gasteiger partial charge in [0.2, 0.25) is 0 Å². The van der Waals surface area contributed by atoms with E-state index < -0.39 is 0 Å². The Morgan fingerprint density at radius 2 is 1.52 bits per heavy atom. The van der Waals surface area contributed by atoms with Gasteiger partial charge in [0, 0.05) is 29.3 Å². The van der Waals surface area contributed by atoms with Gasteiger partial charge in [0.1, 0.15) is 0 Å². The molecule has 4 rings (SSSR count). The maximum Gasteiger partial charge on any atom is 0.251 e. The maximum absolute atomic E-state index is 6.22. The molecule has 1 aromatic rings. The molecule has 1 aromatic carbocycles. The third kappa shape index (κ3) is 2.10. The van der Waals surface area contributed by atoms with Crippen LogP contribution in [0.5, 0.6) is 11.5 Å². The number of nitrogens with two attached hydrogens (primary N) is 1. The highest BCUT2D eigenvalue weighted by molar-refractivity contribution is 9.10. The van der Waals surface area contributed by atoms with E-state index >= 15 is 0 Å². The molecule has 2 aliphatic carbocycles. The summed E-state index contributed by atoms with van der Waals surface area (Å²) in [4.78, 5) is 0.